The van der Waals surface area contributed by atoms with Crippen LogP contribution < -0.4 is 15.8 Å². The van der Waals surface area contributed by atoms with Crippen molar-refractivity contribution in [2.45, 2.75) is 25.7 Å². The molecule has 1 amide bonds. The molecule has 0 spiro atoms. The SMILES string of the molecule is CCOC(=O)C1CCCN(c2nc3c(c(=O)[nH]2)C(c2cc(F)cc(F)c2)C(C#N)C(=O)N3)C1. The van der Waals surface area contributed by atoms with Crippen molar-refractivity contribution in [1.29, 1.82) is 5.26 Å². The number of nitrogens with zero attached hydrogens (tertiary/aromatic N) is 3. The molecule has 0 radical (unpaired) electrons. The Bertz CT molecular complexity index is 1190. The van der Waals surface area contributed by atoms with Crippen LogP contribution in [0.25, 0.3) is 0 Å². The molecule has 3 atom stereocenters. The van der Waals surface area contributed by atoms with Crippen molar-refractivity contribution in [2.24, 2.45) is 11.8 Å². The van der Waals surface area contributed by atoms with Crippen LogP contribution in [0, 0.1) is 34.8 Å². The van der Waals surface area contributed by atoms with Crippen molar-refractivity contribution in [2.75, 3.05) is 29.9 Å². The predicted octanol–water partition coefficient (Wildman–Crippen LogP) is 2.05. The van der Waals surface area contributed by atoms with E-state index >= 15 is 0 Å². The van der Waals surface area contributed by atoms with Gasteiger partial charge in [0.1, 0.15) is 23.4 Å². The summed E-state index contributed by atoms with van der Waals surface area (Å²) in [5.74, 6) is -5.76. The van der Waals surface area contributed by atoms with Gasteiger partial charge in [0.25, 0.3) is 5.56 Å². The number of nitriles is 1. The van der Waals surface area contributed by atoms with Gasteiger partial charge in [0.15, 0.2) is 0 Å². The van der Waals surface area contributed by atoms with E-state index in [4.69, 9.17) is 4.74 Å². The molecule has 33 heavy (non-hydrogen) atoms. The first kappa shape index (κ1) is 22.4. The summed E-state index contributed by atoms with van der Waals surface area (Å²) in [4.78, 5) is 46.6. The number of H-pyrrole nitrogens is 1. The lowest BCUT2D eigenvalue weighted by Crippen LogP contribution is -2.43. The van der Waals surface area contributed by atoms with Gasteiger partial charge < -0.3 is 15.0 Å². The third-order valence-electron chi connectivity index (χ3n) is 5.84. The third-order valence-corrected chi connectivity index (χ3v) is 5.84. The van der Waals surface area contributed by atoms with Crippen LogP contribution in [0.2, 0.25) is 0 Å². The zero-order valence-electron chi connectivity index (χ0n) is 17.7. The Hall–Kier alpha value is -3.81. The van der Waals surface area contributed by atoms with E-state index in [2.05, 4.69) is 15.3 Å². The largest absolute Gasteiger partial charge is 0.466 e. The Morgan fingerprint density at radius 2 is 2.03 bits per heavy atom. The standard InChI is InChI=1S/C22H21F2N5O4/c1-2-33-21(32)11-4-3-5-29(10-11)22-27-18-17(20(31)28-22)16(15(9-25)19(30)26-18)12-6-13(23)8-14(24)7-12/h6-8,11,15-16H,2-5,10H2,1H3,(H2,26,27,28,30,31). The molecule has 11 heteroatoms. The predicted molar refractivity (Wildman–Crippen MR) is 112 cm³/mol. The average molecular weight is 457 g/mol. The number of benzene rings is 1. The van der Waals surface area contributed by atoms with Crippen LogP contribution in [-0.2, 0) is 14.3 Å². The number of rotatable bonds is 4. The highest BCUT2D eigenvalue weighted by Gasteiger charge is 2.41. The molecular formula is C22H21F2N5O4. The van der Waals surface area contributed by atoms with Crippen LogP contribution in [0.15, 0.2) is 23.0 Å². The minimum atomic E-state index is -1.38. The van der Waals surface area contributed by atoms with Crippen molar-refractivity contribution in [3.63, 3.8) is 0 Å². The van der Waals surface area contributed by atoms with E-state index in [9.17, 15) is 28.4 Å². The molecule has 2 N–H and O–H groups in total. The lowest BCUT2D eigenvalue weighted by atomic mass is 9.79. The number of carbonyl (C=O) groups is 2. The number of ether oxygens (including phenoxy) is 1. The molecule has 3 heterocycles. The first-order valence-electron chi connectivity index (χ1n) is 10.5. The smallest absolute Gasteiger partial charge is 0.310 e. The van der Waals surface area contributed by atoms with Gasteiger partial charge in [0.05, 0.1) is 24.2 Å². The highest BCUT2D eigenvalue weighted by atomic mass is 19.1. The molecule has 1 fully saturated rings. The topological polar surface area (TPSA) is 128 Å². The van der Waals surface area contributed by atoms with E-state index in [-0.39, 0.29) is 47.9 Å². The Labute approximate surface area is 187 Å². The Kier molecular flexibility index (Phi) is 6.09. The number of aromatic amines is 1. The fourth-order valence-corrected chi connectivity index (χ4v) is 4.39. The summed E-state index contributed by atoms with van der Waals surface area (Å²) in [5.41, 5.74) is -0.729. The molecular weight excluding hydrogens is 436 g/mol. The maximum Gasteiger partial charge on any atom is 0.310 e. The normalized spacial score (nSPS) is 22.2. The molecule has 1 saturated heterocycles. The molecule has 3 unspecified atom stereocenters. The number of carbonyl (C=O) groups excluding carboxylic acids is 2. The first-order chi connectivity index (χ1) is 15.8. The fraction of sp³-hybridized carbons (Fsp3) is 0.409. The van der Waals surface area contributed by atoms with Gasteiger partial charge in [-0.1, -0.05) is 0 Å². The number of piperidine rings is 1. The zero-order valence-corrected chi connectivity index (χ0v) is 17.7. The summed E-state index contributed by atoms with van der Waals surface area (Å²) in [6.45, 7) is 2.77. The van der Waals surface area contributed by atoms with Crippen molar-refractivity contribution >= 4 is 23.6 Å². The number of halogens is 2. The second-order valence-corrected chi connectivity index (χ2v) is 7.97. The summed E-state index contributed by atoms with van der Waals surface area (Å²) in [6.07, 6.45) is 1.30. The van der Waals surface area contributed by atoms with Gasteiger partial charge in [0, 0.05) is 25.1 Å². The number of fused-ring (bicyclic) bond motifs is 1. The van der Waals surface area contributed by atoms with Crippen molar-refractivity contribution in [3.8, 4) is 6.07 Å². The highest BCUT2D eigenvalue weighted by molar-refractivity contribution is 5.98. The number of hydrogen-bond acceptors (Lipinski definition) is 7. The van der Waals surface area contributed by atoms with Crippen LogP contribution >= 0.6 is 0 Å². The van der Waals surface area contributed by atoms with E-state index in [1.54, 1.807) is 11.8 Å². The Morgan fingerprint density at radius 3 is 2.70 bits per heavy atom. The van der Waals surface area contributed by atoms with E-state index in [0.717, 1.165) is 12.1 Å². The zero-order chi connectivity index (χ0) is 23.7. The van der Waals surface area contributed by atoms with Crippen LogP contribution in [0.5, 0.6) is 0 Å². The number of nitrogens with one attached hydrogen (secondary N) is 2. The summed E-state index contributed by atoms with van der Waals surface area (Å²) in [6, 6.07) is 4.46. The second kappa shape index (κ2) is 8.97. The monoisotopic (exact) mass is 457 g/mol. The fourth-order valence-electron chi connectivity index (χ4n) is 4.39. The van der Waals surface area contributed by atoms with E-state index in [0.29, 0.717) is 25.5 Å². The second-order valence-electron chi connectivity index (χ2n) is 7.97. The van der Waals surface area contributed by atoms with Crippen molar-refractivity contribution in [3.05, 3.63) is 51.3 Å². The average Bonchev–Trinajstić information content (AvgIpc) is 2.77. The van der Waals surface area contributed by atoms with Crippen LogP contribution in [0.1, 0.15) is 36.8 Å². The third kappa shape index (κ3) is 4.28. The molecule has 172 valence electrons. The Morgan fingerprint density at radius 1 is 1.30 bits per heavy atom. The number of anilines is 2. The molecule has 1 aromatic carbocycles. The number of esters is 1. The summed E-state index contributed by atoms with van der Waals surface area (Å²) < 4.78 is 32.9. The number of amides is 1. The maximum absolute atomic E-state index is 13.9. The molecule has 0 saturated carbocycles. The molecule has 1 aromatic heterocycles. The highest BCUT2D eigenvalue weighted by Crippen LogP contribution is 2.38. The van der Waals surface area contributed by atoms with Gasteiger partial charge >= 0.3 is 5.97 Å². The van der Waals surface area contributed by atoms with Gasteiger partial charge in [0.2, 0.25) is 11.9 Å². The van der Waals surface area contributed by atoms with Crippen LogP contribution in [0.4, 0.5) is 20.5 Å². The van der Waals surface area contributed by atoms with E-state index in [1.165, 1.54) is 0 Å². The number of hydrogen-bond donors (Lipinski definition) is 2. The molecule has 4 rings (SSSR count). The summed E-state index contributed by atoms with van der Waals surface area (Å²) >= 11 is 0. The Balaban J connectivity index is 1.75. The van der Waals surface area contributed by atoms with Gasteiger partial charge in [-0.25, -0.2) is 8.78 Å². The molecule has 2 aromatic rings. The van der Waals surface area contributed by atoms with Gasteiger partial charge in [-0.3, -0.25) is 19.4 Å². The first-order valence-corrected chi connectivity index (χ1v) is 10.5. The molecule has 2 aliphatic rings. The van der Waals surface area contributed by atoms with Gasteiger partial charge in [-0.15, -0.1) is 0 Å². The van der Waals surface area contributed by atoms with E-state index in [1.807, 2.05) is 6.07 Å². The summed E-state index contributed by atoms with van der Waals surface area (Å²) in [5, 5.41) is 12.0. The minimum absolute atomic E-state index is 0.0180. The number of aromatic nitrogens is 2. The molecule has 9 nitrogen and oxygen atoms in total. The molecule has 2 aliphatic heterocycles. The van der Waals surface area contributed by atoms with Crippen molar-refractivity contribution < 1.29 is 23.1 Å². The summed E-state index contributed by atoms with van der Waals surface area (Å²) in [7, 11) is 0. The molecule has 0 bridgehead atoms. The van der Waals surface area contributed by atoms with Crippen molar-refractivity contribution in [1.82, 2.24) is 9.97 Å². The van der Waals surface area contributed by atoms with Crippen LogP contribution in [0.3, 0.4) is 0 Å². The van der Waals surface area contributed by atoms with Gasteiger partial charge in [-0.05, 0) is 37.5 Å². The lowest BCUT2D eigenvalue weighted by molar-refractivity contribution is -0.148. The van der Waals surface area contributed by atoms with E-state index < -0.39 is 34.9 Å². The van der Waals surface area contributed by atoms with Crippen LogP contribution in [-0.4, -0.2) is 41.5 Å². The lowest BCUT2D eigenvalue weighted by Gasteiger charge is -2.33. The quantitative estimate of drug-likeness (QED) is 0.673. The van der Waals surface area contributed by atoms with Gasteiger partial charge in [-0.2, -0.15) is 10.2 Å². The maximum atomic E-state index is 13.9. The minimum Gasteiger partial charge on any atom is -0.466 e. The molecule has 0 aliphatic carbocycles.